The molecular weight excluding hydrogens is 324 g/mol. The molecule has 1 fully saturated rings. The van der Waals surface area contributed by atoms with Crippen molar-refractivity contribution in [3.63, 3.8) is 0 Å². The molecule has 1 unspecified atom stereocenters. The van der Waals surface area contributed by atoms with Gasteiger partial charge in [0.2, 0.25) is 5.91 Å². The molecule has 132 valence electrons. The molecule has 24 heavy (non-hydrogen) atoms. The molecule has 1 aromatic carbocycles. The molecular formula is C18H26N2O3S. The summed E-state index contributed by atoms with van der Waals surface area (Å²) in [5.74, 6) is 1.57. The zero-order chi connectivity index (χ0) is 17.4. The lowest BCUT2D eigenvalue weighted by molar-refractivity contribution is -0.124. The zero-order valence-electron chi connectivity index (χ0n) is 14.4. The topological polar surface area (TPSA) is 58.6 Å². The number of nitrogens with one attached hydrogen (secondary N) is 1. The summed E-state index contributed by atoms with van der Waals surface area (Å²) in [6.45, 7) is 6.18. The number of carbonyl (C=O) groups is 2. The van der Waals surface area contributed by atoms with Gasteiger partial charge in [-0.3, -0.25) is 9.59 Å². The predicted molar refractivity (Wildman–Crippen MR) is 97.0 cm³/mol. The maximum atomic E-state index is 12.6. The molecule has 1 atom stereocenters. The van der Waals surface area contributed by atoms with Gasteiger partial charge in [-0.05, 0) is 24.5 Å². The second-order valence-electron chi connectivity index (χ2n) is 6.27. The van der Waals surface area contributed by atoms with Gasteiger partial charge in [0, 0.05) is 31.1 Å². The molecule has 5 nitrogen and oxygen atoms in total. The van der Waals surface area contributed by atoms with Crippen LogP contribution in [0.2, 0.25) is 0 Å². The van der Waals surface area contributed by atoms with E-state index in [9.17, 15) is 9.59 Å². The number of nitrogens with zero attached hydrogens (tertiary/aromatic N) is 1. The first-order chi connectivity index (χ1) is 11.6. The van der Waals surface area contributed by atoms with Crippen molar-refractivity contribution in [1.29, 1.82) is 0 Å². The minimum atomic E-state index is -0.390. The van der Waals surface area contributed by atoms with Crippen LogP contribution < -0.4 is 5.32 Å². The second-order valence-corrected chi connectivity index (χ2v) is 7.27. The fourth-order valence-corrected chi connectivity index (χ4v) is 3.58. The molecule has 2 rings (SSSR count). The summed E-state index contributed by atoms with van der Waals surface area (Å²) in [7, 11) is 0. The molecule has 1 aliphatic heterocycles. The highest BCUT2D eigenvalue weighted by Crippen LogP contribution is 2.23. The third-order valence-electron chi connectivity index (χ3n) is 3.68. The maximum Gasteiger partial charge on any atom is 0.255 e. The van der Waals surface area contributed by atoms with Crippen molar-refractivity contribution in [2.75, 3.05) is 31.4 Å². The van der Waals surface area contributed by atoms with Crippen molar-refractivity contribution < 1.29 is 14.3 Å². The summed E-state index contributed by atoms with van der Waals surface area (Å²) in [5, 5.41) is 2.92. The first kappa shape index (κ1) is 18.8. The van der Waals surface area contributed by atoms with E-state index in [1.165, 1.54) is 0 Å². The monoisotopic (exact) mass is 350 g/mol. The average molecular weight is 350 g/mol. The van der Waals surface area contributed by atoms with Gasteiger partial charge in [0.05, 0.1) is 5.88 Å². The van der Waals surface area contributed by atoms with Crippen molar-refractivity contribution in [2.24, 2.45) is 5.92 Å². The lowest BCUT2D eigenvalue weighted by Gasteiger charge is -2.23. The Labute approximate surface area is 148 Å². The van der Waals surface area contributed by atoms with E-state index in [0.29, 0.717) is 36.3 Å². The Kier molecular flexibility index (Phi) is 7.59. The van der Waals surface area contributed by atoms with Crippen LogP contribution in [-0.4, -0.2) is 54.1 Å². The predicted octanol–water partition coefficient (Wildman–Crippen LogP) is 2.38. The van der Waals surface area contributed by atoms with Gasteiger partial charge in [-0.25, -0.2) is 0 Å². The quantitative estimate of drug-likeness (QED) is 0.732. The lowest BCUT2D eigenvalue weighted by atomic mass is 10.1. The minimum Gasteiger partial charge on any atom is -0.381 e. The maximum absolute atomic E-state index is 12.6. The van der Waals surface area contributed by atoms with E-state index < -0.39 is 0 Å². The van der Waals surface area contributed by atoms with E-state index in [0.717, 1.165) is 13.0 Å². The van der Waals surface area contributed by atoms with Gasteiger partial charge in [-0.2, -0.15) is 0 Å². The summed E-state index contributed by atoms with van der Waals surface area (Å²) < 4.78 is 5.50. The van der Waals surface area contributed by atoms with Crippen molar-refractivity contribution in [3.05, 3.63) is 35.9 Å². The van der Waals surface area contributed by atoms with Crippen LogP contribution in [0.15, 0.2) is 30.3 Å². The highest BCUT2D eigenvalue weighted by Gasteiger charge is 2.34. The van der Waals surface area contributed by atoms with Crippen LogP contribution in [0.25, 0.3) is 0 Å². The number of benzene rings is 1. The van der Waals surface area contributed by atoms with Crippen LogP contribution >= 0.6 is 11.8 Å². The SMILES string of the molecule is CC(C)COCCCNC(=O)C1CSCN1C(=O)c1ccccc1. The number of carbonyl (C=O) groups excluding carboxylic acids is 2. The van der Waals surface area contributed by atoms with Gasteiger partial charge in [0.15, 0.2) is 0 Å². The Morgan fingerprint density at radius 2 is 2.08 bits per heavy atom. The zero-order valence-corrected chi connectivity index (χ0v) is 15.2. The van der Waals surface area contributed by atoms with Crippen molar-refractivity contribution in [2.45, 2.75) is 26.3 Å². The van der Waals surface area contributed by atoms with E-state index in [-0.39, 0.29) is 17.9 Å². The molecule has 1 aliphatic rings. The molecule has 0 aromatic heterocycles. The normalized spacial score (nSPS) is 17.3. The summed E-state index contributed by atoms with van der Waals surface area (Å²) in [4.78, 5) is 26.6. The van der Waals surface area contributed by atoms with Crippen molar-refractivity contribution >= 4 is 23.6 Å². The second kappa shape index (κ2) is 9.69. The smallest absolute Gasteiger partial charge is 0.255 e. The molecule has 6 heteroatoms. The number of ether oxygens (including phenoxy) is 1. The van der Waals surface area contributed by atoms with Crippen LogP contribution in [-0.2, 0) is 9.53 Å². The Bertz CT molecular complexity index is 536. The minimum absolute atomic E-state index is 0.0758. The Morgan fingerprint density at radius 1 is 1.33 bits per heavy atom. The van der Waals surface area contributed by atoms with Crippen LogP contribution in [0, 0.1) is 5.92 Å². The summed E-state index contributed by atoms with van der Waals surface area (Å²) in [5.41, 5.74) is 0.625. The number of hydrogen-bond acceptors (Lipinski definition) is 4. The number of thioether (sulfide) groups is 1. The molecule has 0 saturated carbocycles. The molecule has 2 amide bonds. The van der Waals surface area contributed by atoms with E-state index in [4.69, 9.17) is 4.74 Å². The summed E-state index contributed by atoms with van der Waals surface area (Å²) >= 11 is 1.61. The highest BCUT2D eigenvalue weighted by molar-refractivity contribution is 7.99. The molecule has 1 saturated heterocycles. The van der Waals surface area contributed by atoms with Gasteiger partial charge >= 0.3 is 0 Å². The van der Waals surface area contributed by atoms with E-state index >= 15 is 0 Å². The number of amides is 2. The van der Waals surface area contributed by atoms with E-state index in [1.54, 1.807) is 28.8 Å². The van der Waals surface area contributed by atoms with E-state index in [2.05, 4.69) is 19.2 Å². The standard InChI is InChI=1S/C18H26N2O3S/c1-14(2)11-23-10-6-9-19-17(21)16-12-24-13-20(16)18(22)15-7-4-3-5-8-15/h3-5,7-8,14,16H,6,9-13H2,1-2H3,(H,19,21). The average Bonchev–Trinajstić information content (AvgIpc) is 3.07. The van der Waals surface area contributed by atoms with E-state index in [1.807, 2.05) is 18.2 Å². The largest absolute Gasteiger partial charge is 0.381 e. The third-order valence-corrected chi connectivity index (χ3v) is 4.69. The van der Waals surface area contributed by atoms with Gasteiger partial charge in [0.25, 0.3) is 5.91 Å². The molecule has 1 heterocycles. The van der Waals surface area contributed by atoms with Crippen LogP contribution in [0.3, 0.4) is 0 Å². The highest BCUT2D eigenvalue weighted by atomic mass is 32.2. The molecule has 0 spiro atoms. The van der Waals surface area contributed by atoms with Crippen molar-refractivity contribution in [1.82, 2.24) is 10.2 Å². The summed E-state index contributed by atoms with van der Waals surface area (Å²) in [6.07, 6.45) is 0.783. The molecule has 1 N–H and O–H groups in total. The summed E-state index contributed by atoms with van der Waals surface area (Å²) in [6, 6.07) is 8.73. The number of hydrogen-bond donors (Lipinski definition) is 1. The van der Waals surface area contributed by atoms with Crippen LogP contribution in [0.1, 0.15) is 30.6 Å². The Balaban J connectivity index is 1.78. The first-order valence-electron chi connectivity index (χ1n) is 8.39. The van der Waals surface area contributed by atoms with Gasteiger partial charge in [-0.1, -0.05) is 32.0 Å². The third kappa shape index (κ3) is 5.53. The Morgan fingerprint density at radius 3 is 2.79 bits per heavy atom. The van der Waals surface area contributed by atoms with Crippen LogP contribution in [0.4, 0.5) is 0 Å². The van der Waals surface area contributed by atoms with Crippen molar-refractivity contribution in [3.8, 4) is 0 Å². The number of rotatable bonds is 8. The Hall–Kier alpha value is -1.53. The van der Waals surface area contributed by atoms with Crippen LogP contribution in [0.5, 0.6) is 0 Å². The molecule has 0 bridgehead atoms. The lowest BCUT2D eigenvalue weighted by Crippen LogP contribution is -2.47. The molecule has 0 radical (unpaired) electrons. The van der Waals surface area contributed by atoms with Gasteiger partial charge in [-0.15, -0.1) is 11.8 Å². The van der Waals surface area contributed by atoms with Gasteiger partial charge in [0.1, 0.15) is 6.04 Å². The fraction of sp³-hybridized carbons (Fsp3) is 0.556. The van der Waals surface area contributed by atoms with Gasteiger partial charge < -0.3 is 15.0 Å². The fourth-order valence-electron chi connectivity index (χ4n) is 2.43. The first-order valence-corrected chi connectivity index (χ1v) is 9.54. The molecule has 1 aromatic rings. The molecule has 0 aliphatic carbocycles.